The molecule has 1 heterocycles. The summed E-state index contributed by atoms with van der Waals surface area (Å²) in [6, 6.07) is 15.1. The van der Waals surface area contributed by atoms with Crippen LogP contribution in [0.25, 0.3) is 0 Å². The van der Waals surface area contributed by atoms with E-state index < -0.39 is 0 Å². The lowest BCUT2D eigenvalue weighted by Crippen LogP contribution is -2.48. The van der Waals surface area contributed by atoms with Crippen molar-refractivity contribution >= 4 is 23.2 Å². The van der Waals surface area contributed by atoms with Crippen LogP contribution >= 0.6 is 0 Å². The van der Waals surface area contributed by atoms with Gasteiger partial charge in [-0.25, -0.2) is 0 Å². The number of hydrogen-bond donors (Lipinski definition) is 1. The number of amides is 2. The Balaban J connectivity index is 1.56. The second-order valence-electron chi connectivity index (χ2n) is 6.46. The van der Waals surface area contributed by atoms with Gasteiger partial charge in [-0.2, -0.15) is 0 Å². The molecule has 0 aromatic heterocycles. The van der Waals surface area contributed by atoms with E-state index in [-0.39, 0.29) is 11.8 Å². The second kappa shape index (κ2) is 8.58. The number of carbonyl (C=O) groups excluding carboxylic acids is 2. The van der Waals surface area contributed by atoms with Gasteiger partial charge in [0, 0.05) is 49.5 Å². The second-order valence-corrected chi connectivity index (χ2v) is 6.46. The highest BCUT2D eigenvalue weighted by Crippen LogP contribution is 2.21. The van der Waals surface area contributed by atoms with Crippen molar-refractivity contribution in [2.24, 2.45) is 0 Å². The fourth-order valence-electron chi connectivity index (χ4n) is 3.09. The van der Waals surface area contributed by atoms with E-state index in [9.17, 15) is 9.59 Å². The molecule has 6 heteroatoms. The maximum absolute atomic E-state index is 12.6. The topological polar surface area (TPSA) is 61.9 Å². The molecule has 0 spiro atoms. The summed E-state index contributed by atoms with van der Waals surface area (Å²) in [6.45, 7) is 4.75. The number of rotatable bonds is 5. The monoisotopic (exact) mass is 367 g/mol. The molecule has 27 heavy (non-hydrogen) atoms. The van der Waals surface area contributed by atoms with Crippen LogP contribution in [-0.4, -0.2) is 50.0 Å². The first kappa shape index (κ1) is 18.8. The van der Waals surface area contributed by atoms with Gasteiger partial charge in [-0.15, -0.1) is 0 Å². The van der Waals surface area contributed by atoms with Gasteiger partial charge in [0.1, 0.15) is 5.75 Å². The van der Waals surface area contributed by atoms with Crippen molar-refractivity contribution < 1.29 is 14.3 Å². The number of piperazine rings is 1. The van der Waals surface area contributed by atoms with E-state index in [0.29, 0.717) is 25.1 Å². The summed E-state index contributed by atoms with van der Waals surface area (Å²) < 4.78 is 5.14. The van der Waals surface area contributed by atoms with Crippen molar-refractivity contribution in [1.29, 1.82) is 0 Å². The molecule has 0 aliphatic carbocycles. The van der Waals surface area contributed by atoms with Crippen molar-refractivity contribution in [2.75, 3.05) is 43.5 Å². The van der Waals surface area contributed by atoms with Crippen LogP contribution in [-0.2, 0) is 4.79 Å². The highest BCUT2D eigenvalue weighted by molar-refractivity contribution is 5.94. The number of carbonyl (C=O) groups is 2. The Morgan fingerprint density at radius 2 is 1.59 bits per heavy atom. The molecule has 0 bridgehead atoms. The van der Waals surface area contributed by atoms with Gasteiger partial charge < -0.3 is 19.9 Å². The standard InChI is InChI=1S/C21H25N3O3/c1-3-20(25)22-17-6-8-18(9-7-17)23-12-14-24(15-13-23)21(26)16-4-10-19(27-2)11-5-16/h4-11H,3,12-15H2,1-2H3,(H,22,25). The summed E-state index contributed by atoms with van der Waals surface area (Å²) in [5, 5.41) is 2.85. The van der Waals surface area contributed by atoms with E-state index in [1.54, 1.807) is 19.2 Å². The highest BCUT2D eigenvalue weighted by atomic mass is 16.5. The van der Waals surface area contributed by atoms with E-state index >= 15 is 0 Å². The molecule has 0 saturated carbocycles. The van der Waals surface area contributed by atoms with Gasteiger partial charge in [-0.1, -0.05) is 6.92 Å². The maximum atomic E-state index is 12.6. The van der Waals surface area contributed by atoms with E-state index in [1.165, 1.54) is 0 Å². The van der Waals surface area contributed by atoms with Crippen molar-refractivity contribution in [1.82, 2.24) is 4.90 Å². The maximum Gasteiger partial charge on any atom is 0.253 e. The smallest absolute Gasteiger partial charge is 0.253 e. The summed E-state index contributed by atoms with van der Waals surface area (Å²) in [7, 11) is 1.61. The zero-order valence-electron chi connectivity index (χ0n) is 15.8. The van der Waals surface area contributed by atoms with Crippen molar-refractivity contribution in [3.05, 3.63) is 54.1 Å². The minimum Gasteiger partial charge on any atom is -0.497 e. The van der Waals surface area contributed by atoms with Gasteiger partial charge in [0.2, 0.25) is 5.91 Å². The molecule has 1 N–H and O–H groups in total. The molecule has 2 aromatic carbocycles. The molecule has 1 fully saturated rings. The number of anilines is 2. The third kappa shape index (κ3) is 4.58. The number of nitrogens with zero attached hydrogens (tertiary/aromatic N) is 2. The molecule has 1 aliphatic rings. The molecular formula is C21H25N3O3. The zero-order valence-corrected chi connectivity index (χ0v) is 15.8. The average Bonchev–Trinajstić information content (AvgIpc) is 2.74. The van der Waals surface area contributed by atoms with Crippen molar-refractivity contribution in [3.63, 3.8) is 0 Å². The van der Waals surface area contributed by atoms with Crippen LogP contribution in [0.15, 0.2) is 48.5 Å². The lowest BCUT2D eigenvalue weighted by atomic mass is 10.1. The Morgan fingerprint density at radius 1 is 0.963 bits per heavy atom. The van der Waals surface area contributed by atoms with Gasteiger partial charge in [0.25, 0.3) is 5.91 Å². The lowest BCUT2D eigenvalue weighted by Gasteiger charge is -2.36. The minimum atomic E-state index is 0.00779. The summed E-state index contributed by atoms with van der Waals surface area (Å²) in [4.78, 5) is 28.2. The van der Waals surface area contributed by atoms with Crippen LogP contribution in [0.5, 0.6) is 5.75 Å². The minimum absolute atomic E-state index is 0.00779. The largest absolute Gasteiger partial charge is 0.497 e. The van der Waals surface area contributed by atoms with E-state index in [2.05, 4.69) is 10.2 Å². The van der Waals surface area contributed by atoms with Gasteiger partial charge in [-0.05, 0) is 48.5 Å². The summed E-state index contributed by atoms with van der Waals surface area (Å²) in [5.41, 5.74) is 2.58. The number of nitrogens with one attached hydrogen (secondary N) is 1. The average molecular weight is 367 g/mol. The predicted octanol–water partition coefficient (Wildman–Crippen LogP) is 3.01. The van der Waals surface area contributed by atoms with Crippen LogP contribution in [0.3, 0.4) is 0 Å². The molecule has 0 unspecified atom stereocenters. The molecular weight excluding hydrogens is 342 g/mol. The SMILES string of the molecule is CCC(=O)Nc1ccc(N2CCN(C(=O)c3ccc(OC)cc3)CC2)cc1. The van der Waals surface area contributed by atoms with Crippen LogP contribution in [0.1, 0.15) is 23.7 Å². The third-order valence-corrected chi connectivity index (χ3v) is 4.74. The Kier molecular flexibility index (Phi) is 5.96. The normalized spacial score (nSPS) is 14.0. The van der Waals surface area contributed by atoms with Crippen LogP contribution < -0.4 is 15.0 Å². The molecule has 1 aliphatic heterocycles. The third-order valence-electron chi connectivity index (χ3n) is 4.74. The molecule has 6 nitrogen and oxygen atoms in total. The summed E-state index contributed by atoms with van der Waals surface area (Å²) in [6.07, 6.45) is 0.464. The molecule has 3 rings (SSSR count). The first-order valence-electron chi connectivity index (χ1n) is 9.19. The Labute approximate surface area is 159 Å². The number of ether oxygens (including phenoxy) is 1. The number of hydrogen-bond acceptors (Lipinski definition) is 4. The molecule has 142 valence electrons. The zero-order chi connectivity index (χ0) is 19.2. The van der Waals surface area contributed by atoms with Gasteiger partial charge >= 0.3 is 0 Å². The fourth-order valence-corrected chi connectivity index (χ4v) is 3.09. The van der Waals surface area contributed by atoms with E-state index in [0.717, 1.165) is 30.2 Å². The van der Waals surface area contributed by atoms with Crippen molar-refractivity contribution in [2.45, 2.75) is 13.3 Å². The lowest BCUT2D eigenvalue weighted by molar-refractivity contribution is -0.115. The van der Waals surface area contributed by atoms with E-state index in [4.69, 9.17) is 4.74 Å². The molecule has 0 radical (unpaired) electrons. The molecule has 0 atom stereocenters. The fraction of sp³-hybridized carbons (Fsp3) is 0.333. The first-order chi connectivity index (χ1) is 13.1. The van der Waals surface area contributed by atoms with Gasteiger partial charge in [-0.3, -0.25) is 9.59 Å². The summed E-state index contributed by atoms with van der Waals surface area (Å²) in [5.74, 6) is 0.804. The van der Waals surface area contributed by atoms with Gasteiger partial charge in [0.05, 0.1) is 7.11 Å². The Bertz CT molecular complexity index is 779. The molecule has 1 saturated heterocycles. The highest BCUT2D eigenvalue weighted by Gasteiger charge is 2.22. The molecule has 2 amide bonds. The Hall–Kier alpha value is -3.02. The quantitative estimate of drug-likeness (QED) is 0.882. The van der Waals surface area contributed by atoms with Crippen LogP contribution in [0.4, 0.5) is 11.4 Å². The summed E-state index contributed by atoms with van der Waals surface area (Å²) >= 11 is 0. The first-order valence-corrected chi connectivity index (χ1v) is 9.19. The number of benzene rings is 2. The Morgan fingerprint density at radius 3 is 2.15 bits per heavy atom. The predicted molar refractivity (Wildman–Crippen MR) is 106 cm³/mol. The van der Waals surface area contributed by atoms with Crippen LogP contribution in [0.2, 0.25) is 0 Å². The van der Waals surface area contributed by atoms with Crippen molar-refractivity contribution in [3.8, 4) is 5.75 Å². The van der Waals surface area contributed by atoms with E-state index in [1.807, 2.05) is 48.2 Å². The van der Waals surface area contributed by atoms with Crippen LogP contribution in [0, 0.1) is 0 Å². The number of methoxy groups -OCH3 is 1. The van der Waals surface area contributed by atoms with Gasteiger partial charge in [0.15, 0.2) is 0 Å². The molecule has 2 aromatic rings.